The average Bonchev–Trinajstić information content (AvgIpc) is 3.26. The largest absolute Gasteiger partial charge is 0.461 e. The van der Waals surface area contributed by atoms with Crippen LogP contribution in [0, 0.1) is 16.7 Å². The van der Waals surface area contributed by atoms with Gasteiger partial charge in [0.05, 0.1) is 29.9 Å². The van der Waals surface area contributed by atoms with Gasteiger partial charge in [-0.15, -0.1) is 0 Å². The van der Waals surface area contributed by atoms with E-state index in [1.54, 1.807) is 45.0 Å². The van der Waals surface area contributed by atoms with Crippen LogP contribution in [0.5, 0.6) is 0 Å². The maximum absolute atomic E-state index is 16.0. The summed E-state index contributed by atoms with van der Waals surface area (Å²) in [6, 6.07) is 21.6. The molecule has 346 valence electrons. The highest BCUT2D eigenvalue weighted by Gasteiger charge is 2.79. The van der Waals surface area contributed by atoms with Gasteiger partial charge in [-0.25, -0.2) is 9.59 Å². The van der Waals surface area contributed by atoms with Crippen molar-refractivity contribution in [1.29, 1.82) is 0 Å². The Morgan fingerprint density at radius 1 is 0.862 bits per heavy atom. The number of benzene rings is 3. The van der Waals surface area contributed by atoms with Crippen molar-refractivity contribution in [3.05, 3.63) is 101 Å². The molecule has 14 heteroatoms. The number of hydrogen-bond acceptors (Lipinski definition) is 14. The molecule has 0 radical (unpaired) electrons. The van der Waals surface area contributed by atoms with E-state index in [0.29, 0.717) is 25.2 Å². The molecule has 9 atom stereocenters. The first-order chi connectivity index (χ1) is 30.8. The van der Waals surface area contributed by atoms with E-state index in [0.717, 1.165) is 23.3 Å². The Balaban J connectivity index is 1.41. The Bertz CT molecular complexity index is 2420. The van der Waals surface area contributed by atoms with Gasteiger partial charge in [0.25, 0.3) is 0 Å². The normalized spacial score (nSPS) is 30.3. The zero-order valence-electron chi connectivity index (χ0n) is 38.3. The highest BCUT2D eigenvalue weighted by atomic mass is 16.6. The van der Waals surface area contributed by atoms with Crippen molar-refractivity contribution >= 4 is 52.5 Å². The summed E-state index contributed by atoms with van der Waals surface area (Å²) < 4.78 is 37.4. The summed E-state index contributed by atoms with van der Waals surface area (Å²) in [4.78, 5) is 86.8. The van der Waals surface area contributed by atoms with Gasteiger partial charge in [0.1, 0.15) is 30.0 Å². The fraction of sp³-hybridized carbons (Fsp3) is 0.490. The van der Waals surface area contributed by atoms with Crippen LogP contribution in [-0.4, -0.2) is 114 Å². The molecule has 1 aliphatic heterocycles. The molecule has 0 amide bonds. The minimum atomic E-state index is -2.29. The van der Waals surface area contributed by atoms with E-state index in [1.165, 1.54) is 32.1 Å². The van der Waals surface area contributed by atoms with Crippen LogP contribution in [0.25, 0.3) is 16.8 Å². The standard InChI is InChI=1S/C51H59NO13/c1-9-52(10-2)25-24-41(56)63-38-27-39-50(29-60-39,65-32(5)54)44-46(64-47(58)35-17-12-11-13-18-35)51(59)28-37(62-40(55)23-21-33-20-22-34-16-14-15-19-36(34)26-33)30(3)42(48(51,6)7)43(61-31(4)53)45(57)49(38,44)8/h11-23,26,37-39,43-44,46,59H,9-10,24-25,27-29H2,1-8H3/b23-21+/t37-,38-,39+,43+,44-,46-,49?,50-,51+/m0/s1. The van der Waals surface area contributed by atoms with Gasteiger partial charge in [-0.05, 0) is 78.7 Å². The number of fused-ring (bicyclic) bond motifs is 6. The van der Waals surface area contributed by atoms with Crippen LogP contribution >= 0.6 is 0 Å². The van der Waals surface area contributed by atoms with Crippen molar-refractivity contribution in [2.24, 2.45) is 16.7 Å². The number of hydrogen-bond donors (Lipinski definition) is 1. The Labute approximate surface area is 379 Å². The van der Waals surface area contributed by atoms with Crippen molar-refractivity contribution in [2.75, 3.05) is 26.2 Å². The molecule has 4 aliphatic rings. The first kappa shape index (κ1) is 47.3. The van der Waals surface area contributed by atoms with Gasteiger partial charge in [-0.2, -0.15) is 0 Å². The van der Waals surface area contributed by atoms with E-state index in [1.807, 2.05) is 61.2 Å². The molecule has 0 spiro atoms. The first-order valence-corrected chi connectivity index (χ1v) is 22.3. The van der Waals surface area contributed by atoms with Gasteiger partial charge in [0.2, 0.25) is 0 Å². The van der Waals surface area contributed by atoms with Crippen LogP contribution in [0.15, 0.2) is 90.0 Å². The summed E-state index contributed by atoms with van der Waals surface area (Å²) in [5.74, 6) is -6.13. The van der Waals surface area contributed by atoms with Crippen molar-refractivity contribution in [1.82, 2.24) is 4.90 Å². The lowest BCUT2D eigenvalue weighted by Gasteiger charge is -2.67. The van der Waals surface area contributed by atoms with Gasteiger partial charge in [-0.1, -0.05) is 82.3 Å². The van der Waals surface area contributed by atoms with Crippen molar-refractivity contribution < 1.29 is 62.3 Å². The van der Waals surface area contributed by atoms with Crippen molar-refractivity contribution in [2.45, 2.75) is 116 Å². The Morgan fingerprint density at radius 2 is 1.54 bits per heavy atom. The molecule has 2 bridgehead atoms. The molecule has 14 nitrogen and oxygen atoms in total. The zero-order valence-corrected chi connectivity index (χ0v) is 38.3. The van der Waals surface area contributed by atoms with Gasteiger partial charge in [0.15, 0.2) is 17.5 Å². The summed E-state index contributed by atoms with van der Waals surface area (Å²) in [5.41, 5.74) is -6.33. The molecule has 1 N–H and O–H groups in total. The Morgan fingerprint density at radius 3 is 2.17 bits per heavy atom. The van der Waals surface area contributed by atoms with E-state index < -0.39 is 94.1 Å². The van der Waals surface area contributed by atoms with E-state index in [-0.39, 0.29) is 37.0 Å². The van der Waals surface area contributed by atoms with Crippen LogP contribution in [0.2, 0.25) is 0 Å². The molecular weight excluding hydrogens is 835 g/mol. The number of Topliss-reactive ketones (excluding diaryl/α,β-unsaturated/α-hetero) is 1. The lowest BCUT2D eigenvalue weighted by molar-refractivity contribution is -0.346. The quantitative estimate of drug-likeness (QED) is 0.0867. The number of ketones is 1. The lowest BCUT2D eigenvalue weighted by atomic mass is 9.44. The number of nitrogens with zero attached hydrogens (tertiary/aromatic N) is 1. The van der Waals surface area contributed by atoms with E-state index >= 15 is 4.79 Å². The number of esters is 5. The molecule has 1 heterocycles. The van der Waals surface area contributed by atoms with Crippen LogP contribution < -0.4 is 0 Å². The predicted octanol–water partition coefficient (Wildman–Crippen LogP) is 6.35. The second-order valence-electron chi connectivity index (χ2n) is 18.4. The summed E-state index contributed by atoms with van der Waals surface area (Å²) in [7, 11) is 0. The van der Waals surface area contributed by atoms with Crippen LogP contribution in [0.1, 0.15) is 90.6 Å². The third-order valence-electron chi connectivity index (χ3n) is 14.4. The summed E-state index contributed by atoms with van der Waals surface area (Å²) in [6.45, 7) is 14.2. The SMILES string of the molecule is CCN(CC)CCC(=O)O[C@H]1C[C@H]2OC[C@@]2(OC(C)=O)[C@H]2[C@H](OC(=O)c3ccccc3)[C@]3(O)C[C@H](OC(=O)/C=C/c4ccc5ccccc5c4)C(C)=C([C@@H](OC(C)=O)C(=O)C12C)C3(C)C. The van der Waals surface area contributed by atoms with Crippen LogP contribution in [-0.2, 0) is 52.4 Å². The topological polar surface area (TPSA) is 181 Å². The van der Waals surface area contributed by atoms with Crippen LogP contribution in [0.4, 0.5) is 0 Å². The molecule has 1 unspecified atom stereocenters. The first-order valence-electron chi connectivity index (χ1n) is 22.3. The molecule has 1 saturated heterocycles. The number of carbonyl (C=O) groups is 6. The second kappa shape index (κ2) is 18.3. The molecule has 2 saturated carbocycles. The van der Waals surface area contributed by atoms with E-state index in [4.69, 9.17) is 28.4 Å². The monoisotopic (exact) mass is 893 g/mol. The fourth-order valence-corrected chi connectivity index (χ4v) is 10.8. The van der Waals surface area contributed by atoms with Gasteiger partial charge in [-0.3, -0.25) is 19.2 Å². The highest BCUT2D eigenvalue weighted by Crippen LogP contribution is 2.65. The summed E-state index contributed by atoms with van der Waals surface area (Å²) in [5, 5.41) is 15.9. The fourth-order valence-electron chi connectivity index (χ4n) is 10.8. The van der Waals surface area contributed by atoms with E-state index in [2.05, 4.69) is 0 Å². The van der Waals surface area contributed by atoms with Gasteiger partial charge in [0, 0.05) is 44.7 Å². The van der Waals surface area contributed by atoms with Crippen LogP contribution in [0.3, 0.4) is 0 Å². The molecule has 3 aromatic carbocycles. The third kappa shape index (κ3) is 8.52. The molecular formula is C51H59NO13. The molecule has 3 aliphatic carbocycles. The maximum atomic E-state index is 16.0. The predicted molar refractivity (Wildman–Crippen MR) is 238 cm³/mol. The zero-order chi connectivity index (χ0) is 47.1. The summed E-state index contributed by atoms with van der Waals surface area (Å²) in [6.07, 6.45) is -4.77. The Hall–Kier alpha value is -5.70. The Kier molecular flexibility index (Phi) is 13.3. The number of rotatable bonds is 13. The van der Waals surface area contributed by atoms with Gasteiger partial charge < -0.3 is 38.4 Å². The molecule has 65 heavy (non-hydrogen) atoms. The maximum Gasteiger partial charge on any atom is 0.338 e. The molecule has 3 fully saturated rings. The van der Waals surface area contributed by atoms with E-state index in [9.17, 15) is 29.1 Å². The average molecular weight is 894 g/mol. The second-order valence-corrected chi connectivity index (χ2v) is 18.4. The molecule has 0 aromatic heterocycles. The molecule has 3 aromatic rings. The number of ether oxygens (including phenoxy) is 6. The highest BCUT2D eigenvalue weighted by molar-refractivity contribution is 5.96. The number of carbonyl (C=O) groups excluding carboxylic acids is 6. The van der Waals surface area contributed by atoms with Gasteiger partial charge >= 0.3 is 29.8 Å². The minimum absolute atomic E-state index is 0.0306. The lowest BCUT2D eigenvalue weighted by Crippen LogP contribution is -2.82. The van der Waals surface area contributed by atoms with Crippen molar-refractivity contribution in [3.63, 3.8) is 0 Å². The van der Waals surface area contributed by atoms with Crippen molar-refractivity contribution in [3.8, 4) is 0 Å². The smallest absolute Gasteiger partial charge is 0.338 e. The molecule has 7 rings (SSSR count). The number of aliphatic hydroxyl groups is 1. The third-order valence-corrected chi connectivity index (χ3v) is 14.4. The summed E-state index contributed by atoms with van der Waals surface area (Å²) >= 11 is 0. The minimum Gasteiger partial charge on any atom is -0.461 e.